The molecule has 3 heteroatoms. The zero-order valence-electron chi connectivity index (χ0n) is 12.8. The van der Waals surface area contributed by atoms with Gasteiger partial charge in [0.25, 0.3) is 0 Å². The number of para-hydroxylation sites is 1. The highest BCUT2D eigenvalue weighted by atomic mass is 16.3. The Morgan fingerprint density at radius 1 is 1.25 bits per heavy atom. The van der Waals surface area contributed by atoms with Crippen LogP contribution in [-0.2, 0) is 0 Å². The number of aliphatic hydroxyl groups is 1. The van der Waals surface area contributed by atoms with E-state index in [4.69, 9.17) is 0 Å². The quantitative estimate of drug-likeness (QED) is 0.838. The van der Waals surface area contributed by atoms with Gasteiger partial charge in [-0.05, 0) is 43.4 Å². The predicted octanol–water partition coefficient (Wildman–Crippen LogP) is 2.51. The van der Waals surface area contributed by atoms with Gasteiger partial charge in [0.1, 0.15) is 0 Å². The first-order chi connectivity index (χ1) is 9.69. The molecule has 0 aliphatic carbocycles. The van der Waals surface area contributed by atoms with Gasteiger partial charge >= 0.3 is 0 Å². The minimum absolute atomic E-state index is 0.296. The van der Waals surface area contributed by atoms with Gasteiger partial charge in [0, 0.05) is 31.4 Å². The molecular weight excluding hydrogens is 248 g/mol. The number of rotatable bonds is 6. The molecule has 1 fully saturated rings. The van der Waals surface area contributed by atoms with Crippen LogP contribution in [0.5, 0.6) is 0 Å². The van der Waals surface area contributed by atoms with Crippen LogP contribution >= 0.6 is 0 Å². The van der Waals surface area contributed by atoms with E-state index >= 15 is 0 Å². The van der Waals surface area contributed by atoms with Crippen LogP contribution in [0.15, 0.2) is 30.3 Å². The van der Waals surface area contributed by atoms with E-state index in [1.165, 1.54) is 12.1 Å². The molecule has 2 unspecified atom stereocenters. The average Bonchev–Trinajstić information content (AvgIpc) is 2.46. The minimum atomic E-state index is 0.296. The molecule has 1 aliphatic heterocycles. The third-order valence-electron chi connectivity index (χ3n) is 4.01. The van der Waals surface area contributed by atoms with Gasteiger partial charge in [-0.25, -0.2) is 0 Å². The SMILES string of the molecule is CC(C)CNC1CC(CCO)CN(c2ccccc2)C1. The van der Waals surface area contributed by atoms with Gasteiger partial charge in [-0.2, -0.15) is 0 Å². The fraction of sp³-hybridized carbons (Fsp3) is 0.647. The molecule has 1 aromatic carbocycles. The van der Waals surface area contributed by atoms with Crippen molar-refractivity contribution in [1.82, 2.24) is 5.32 Å². The topological polar surface area (TPSA) is 35.5 Å². The van der Waals surface area contributed by atoms with Crippen molar-refractivity contribution >= 4 is 5.69 Å². The Balaban J connectivity index is 2.00. The predicted molar refractivity (Wildman–Crippen MR) is 85.1 cm³/mol. The molecule has 1 heterocycles. The fourth-order valence-corrected chi connectivity index (χ4v) is 3.00. The highest BCUT2D eigenvalue weighted by Gasteiger charge is 2.26. The van der Waals surface area contributed by atoms with E-state index in [1.54, 1.807) is 0 Å². The second-order valence-corrected chi connectivity index (χ2v) is 6.35. The Kier molecular flexibility index (Phi) is 5.86. The lowest BCUT2D eigenvalue weighted by atomic mass is 9.91. The van der Waals surface area contributed by atoms with E-state index in [9.17, 15) is 5.11 Å². The first kappa shape index (κ1) is 15.3. The van der Waals surface area contributed by atoms with E-state index in [0.29, 0.717) is 24.5 Å². The minimum Gasteiger partial charge on any atom is -0.396 e. The fourth-order valence-electron chi connectivity index (χ4n) is 3.00. The van der Waals surface area contributed by atoms with Crippen molar-refractivity contribution < 1.29 is 5.11 Å². The van der Waals surface area contributed by atoms with Gasteiger partial charge in [0.05, 0.1) is 0 Å². The van der Waals surface area contributed by atoms with E-state index in [2.05, 4.69) is 54.4 Å². The van der Waals surface area contributed by atoms with Crippen molar-refractivity contribution in [2.24, 2.45) is 11.8 Å². The molecule has 0 spiro atoms. The third-order valence-corrected chi connectivity index (χ3v) is 4.01. The molecule has 0 radical (unpaired) electrons. The molecule has 1 saturated heterocycles. The largest absolute Gasteiger partial charge is 0.396 e. The summed E-state index contributed by atoms with van der Waals surface area (Å²) >= 11 is 0. The van der Waals surface area contributed by atoms with Crippen LogP contribution < -0.4 is 10.2 Å². The lowest BCUT2D eigenvalue weighted by Gasteiger charge is -2.40. The maximum atomic E-state index is 9.24. The van der Waals surface area contributed by atoms with E-state index < -0.39 is 0 Å². The maximum absolute atomic E-state index is 9.24. The number of piperidine rings is 1. The van der Waals surface area contributed by atoms with Gasteiger partial charge < -0.3 is 15.3 Å². The Labute approximate surface area is 123 Å². The number of benzene rings is 1. The lowest BCUT2D eigenvalue weighted by Crippen LogP contribution is -2.50. The van der Waals surface area contributed by atoms with Crippen molar-refractivity contribution in [3.8, 4) is 0 Å². The van der Waals surface area contributed by atoms with Crippen molar-refractivity contribution in [1.29, 1.82) is 0 Å². The van der Waals surface area contributed by atoms with Crippen molar-refractivity contribution in [2.75, 3.05) is 31.1 Å². The molecule has 0 amide bonds. The number of anilines is 1. The van der Waals surface area contributed by atoms with Crippen LogP contribution in [0, 0.1) is 11.8 Å². The summed E-state index contributed by atoms with van der Waals surface area (Å²) < 4.78 is 0. The Hall–Kier alpha value is -1.06. The van der Waals surface area contributed by atoms with Gasteiger partial charge in [-0.3, -0.25) is 0 Å². The average molecular weight is 276 g/mol. The van der Waals surface area contributed by atoms with Crippen LogP contribution in [0.4, 0.5) is 5.69 Å². The van der Waals surface area contributed by atoms with Crippen LogP contribution in [0.2, 0.25) is 0 Å². The zero-order valence-corrected chi connectivity index (χ0v) is 12.8. The molecule has 2 N–H and O–H groups in total. The molecule has 0 bridgehead atoms. The number of nitrogens with zero attached hydrogens (tertiary/aromatic N) is 1. The number of nitrogens with one attached hydrogen (secondary N) is 1. The summed E-state index contributed by atoms with van der Waals surface area (Å²) in [6.45, 7) is 7.98. The van der Waals surface area contributed by atoms with Crippen LogP contribution in [-0.4, -0.2) is 37.4 Å². The molecule has 0 saturated carbocycles. The summed E-state index contributed by atoms with van der Waals surface area (Å²) in [5.74, 6) is 1.26. The standard InChI is InChI=1S/C17H28N2O/c1-14(2)11-18-16-10-15(8-9-20)12-19(13-16)17-6-4-3-5-7-17/h3-7,14-16,18,20H,8-13H2,1-2H3. The lowest BCUT2D eigenvalue weighted by molar-refractivity contribution is 0.229. The van der Waals surface area contributed by atoms with Crippen molar-refractivity contribution in [2.45, 2.75) is 32.7 Å². The molecule has 3 nitrogen and oxygen atoms in total. The smallest absolute Gasteiger partial charge is 0.0434 e. The summed E-state index contributed by atoms with van der Waals surface area (Å²) in [6, 6.07) is 11.2. The monoisotopic (exact) mass is 276 g/mol. The molecule has 20 heavy (non-hydrogen) atoms. The van der Waals surface area contributed by atoms with E-state index in [0.717, 1.165) is 26.1 Å². The molecule has 2 atom stereocenters. The van der Waals surface area contributed by atoms with Gasteiger partial charge in [-0.1, -0.05) is 32.0 Å². The van der Waals surface area contributed by atoms with E-state index in [-0.39, 0.29) is 0 Å². The Morgan fingerprint density at radius 2 is 2.00 bits per heavy atom. The summed E-state index contributed by atoms with van der Waals surface area (Å²) in [4.78, 5) is 2.46. The van der Waals surface area contributed by atoms with E-state index in [1.807, 2.05) is 0 Å². The van der Waals surface area contributed by atoms with Crippen LogP contribution in [0.25, 0.3) is 0 Å². The maximum Gasteiger partial charge on any atom is 0.0434 e. The number of aliphatic hydroxyl groups excluding tert-OH is 1. The number of hydrogen-bond acceptors (Lipinski definition) is 3. The van der Waals surface area contributed by atoms with Crippen molar-refractivity contribution in [3.63, 3.8) is 0 Å². The molecule has 112 valence electrons. The summed E-state index contributed by atoms with van der Waals surface area (Å²) in [6.07, 6.45) is 2.08. The van der Waals surface area contributed by atoms with Crippen molar-refractivity contribution in [3.05, 3.63) is 30.3 Å². The Morgan fingerprint density at radius 3 is 2.65 bits per heavy atom. The van der Waals surface area contributed by atoms with Crippen LogP contribution in [0.1, 0.15) is 26.7 Å². The molecular formula is C17H28N2O. The zero-order chi connectivity index (χ0) is 14.4. The summed E-state index contributed by atoms with van der Waals surface area (Å²) in [5.41, 5.74) is 1.30. The molecule has 1 aliphatic rings. The Bertz CT molecular complexity index is 380. The molecule has 1 aromatic rings. The first-order valence-corrected chi connectivity index (χ1v) is 7.83. The van der Waals surface area contributed by atoms with Gasteiger partial charge in [0.15, 0.2) is 0 Å². The second-order valence-electron chi connectivity index (χ2n) is 6.35. The van der Waals surface area contributed by atoms with Crippen LogP contribution in [0.3, 0.4) is 0 Å². The highest BCUT2D eigenvalue weighted by Crippen LogP contribution is 2.25. The molecule has 2 rings (SSSR count). The first-order valence-electron chi connectivity index (χ1n) is 7.83. The number of hydrogen-bond donors (Lipinski definition) is 2. The highest BCUT2D eigenvalue weighted by molar-refractivity contribution is 5.46. The second kappa shape index (κ2) is 7.65. The summed E-state index contributed by atoms with van der Waals surface area (Å²) in [7, 11) is 0. The van der Waals surface area contributed by atoms with Gasteiger partial charge in [-0.15, -0.1) is 0 Å². The summed E-state index contributed by atoms with van der Waals surface area (Å²) in [5, 5.41) is 12.9. The normalized spacial score (nSPS) is 23.3. The third kappa shape index (κ3) is 4.50. The molecule has 0 aromatic heterocycles. The van der Waals surface area contributed by atoms with Gasteiger partial charge in [0.2, 0.25) is 0 Å².